The van der Waals surface area contributed by atoms with Crippen LogP contribution >= 0.6 is 31.9 Å². The van der Waals surface area contributed by atoms with E-state index in [4.69, 9.17) is 4.74 Å². The highest BCUT2D eigenvalue weighted by Gasteiger charge is 2.06. The molecule has 1 N–H and O–H groups in total. The van der Waals surface area contributed by atoms with Crippen LogP contribution in [0, 0.1) is 6.92 Å². The molecule has 0 aliphatic carbocycles. The third kappa shape index (κ3) is 3.20. The molecular formula is C12H11Br2N3O. The summed E-state index contributed by atoms with van der Waals surface area (Å²) in [5.74, 6) is 2.60. The number of hydrogen-bond donors (Lipinski definition) is 1. The first-order valence-corrected chi connectivity index (χ1v) is 6.83. The fraction of sp³-hybridized carbons (Fsp3) is 0.167. The van der Waals surface area contributed by atoms with Crippen molar-refractivity contribution in [2.24, 2.45) is 0 Å². The summed E-state index contributed by atoms with van der Waals surface area (Å²) in [5.41, 5.74) is 0. The van der Waals surface area contributed by atoms with Gasteiger partial charge in [0.2, 0.25) is 5.88 Å². The zero-order valence-corrected chi connectivity index (χ0v) is 13.0. The standard InChI is InChI=1S/C12H11Br2N3O/c1-7-16-11(15-2)6-12(17-7)18-10-4-3-8(13)5-9(10)14/h3-6H,1-2H3,(H,15,16,17). The summed E-state index contributed by atoms with van der Waals surface area (Å²) in [6.45, 7) is 1.82. The Morgan fingerprint density at radius 3 is 2.61 bits per heavy atom. The second-order valence-corrected chi connectivity index (χ2v) is 5.34. The lowest BCUT2D eigenvalue weighted by Crippen LogP contribution is -1.98. The number of aromatic nitrogens is 2. The first kappa shape index (κ1) is 13.3. The molecule has 0 aliphatic heterocycles. The van der Waals surface area contributed by atoms with Crippen LogP contribution in [0.4, 0.5) is 5.82 Å². The van der Waals surface area contributed by atoms with Crippen molar-refractivity contribution in [3.8, 4) is 11.6 Å². The average molecular weight is 373 g/mol. The van der Waals surface area contributed by atoms with Crippen molar-refractivity contribution in [2.45, 2.75) is 6.92 Å². The average Bonchev–Trinajstić information content (AvgIpc) is 2.32. The Balaban J connectivity index is 2.30. The molecule has 0 saturated carbocycles. The Morgan fingerprint density at radius 1 is 1.17 bits per heavy atom. The number of benzene rings is 1. The number of rotatable bonds is 3. The molecule has 0 bridgehead atoms. The minimum Gasteiger partial charge on any atom is -0.438 e. The molecular weight excluding hydrogens is 362 g/mol. The third-order valence-electron chi connectivity index (χ3n) is 2.18. The highest BCUT2D eigenvalue weighted by atomic mass is 79.9. The third-order valence-corrected chi connectivity index (χ3v) is 3.29. The lowest BCUT2D eigenvalue weighted by Gasteiger charge is -2.09. The number of anilines is 1. The molecule has 1 aromatic carbocycles. The maximum Gasteiger partial charge on any atom is 0.224 e. The molecule has 4 nitrogen and oxygen atoms in total. The van der Waals surface area contributed by atoms with Crippen LogP contribution in [0.2, 0.25) is 0 Å². The topological polar surface area (TPSA) is 47.0 Å². The highest BCUT2D eigenvalue weighted by molar-refractivity contribution is 9.11. The Labute approximate surface area is 122 Å². The van der Waals surface area contributed by atoms with Crippen LogP contribution in [-0.2, 0) is 0 Å². The van der Waals surface area contributed by atoms with Crippen LogP contribution in [0.25, 0.3) is 0 Å². The summed E-state index contributed by atoms with van der Waals surface area (Å²) in [4.78, 5) is 8.44. The molecule has 1 aromatic heterocycles. The van der Waals surface area contributed by atoms with Gasteiger partial charge in [-0.25, -0.2) is 4.98 Å². The van der Waals surface area contributed by atoms with E-state index in [0.717, 1.165) is 14.8 Å². The van der Waals surface area contributed by atoms with Gasteiger partial charge in [0.05, 0.1) is 4.47 Å². The first-order chi connectivity index (χ1) is 8.58. The largest absolute Gasteiger partial charge is 0.438 e. The van der Waals surface area contributed by atoms with Gasteiger partial charge in [-0.1, -0.05) is 15.9 Å². The molecule has 0 fully saturated rings. The zero-order valence-electron chi connectivity index (χ0n) is 9.87. The Morgan fingerprint density at radius 2 is 1.94 bits per heavy atom. The van der Waals surface area contributed by atoms with Crippen LogP contribution in [-0.4, -0.2) is 17.0 Å². The highest BCUT2D eigenvalue weighted by Crippen LogP contribution is 2.31. The number of nitrogens with zero attached hydrogens (tertiary/aromatic N) is 2. The van der Waals surface area contributed by atoms with E-state index >= 15 is 0 Å². The SMILES string of the molecule is CNc1cc(Oc2ccc(Br)cc2Br)nc(C)n1. The van der Waals surface area contributed by atoms with Crippen molar-refractivity contribution >= 4 is 37.7 Å². The van der Waals surface area contributed by atoms with Crippen LogP contribution in [0.1, 0.15) is 5.82 Å². The molecule has 0 saturated heterocycles. The van der Waals surface area contributed by atoms with Crippen LogP contribution in [0.3, 0.4) is 0 Å². The molecule has 0 atom stereocenters. The Bertz CT molecular complexity index is 575. The van der Waals surface area contributed by atoms with E-state index in [1.165, 1.54) is 0 Å². The van der Waals surface area contributed by atoms with Crippen molar-refractivity contribution in [3.05, 3.63) is 39.0 Å². The number of aryl methyl sites for hydroxylation is 1. The number of nitrogens with one attached hydrogen (secondary N) is 1. The van der Waals surface area contributed by atoms with E-state index < -0.39 is 0 Å². The minimum atomic E-state index is 0.509. The summed E-state index contributed by atoms with van der Waals surface area (Å²) in [7, 11) is 1.81. The Kier molecular flexibility index (Phi) is 4.19. The summed E-state index contributed by atoms with van der Waals surface area (Å²) < 4.78 is 7.57. The molecule has 18 heavy (non-hydrogen) atoms. The van der Waals surface area contributed by atoms with Gasteiger partial charge in [0, 0.05) is 17.6 Å². The van der Waals surface area contributed by atoms with Crippen molar-refractivity contribution in [1.29, 1.82) is 0 Å². The van der Waals surface area contributed by atoms with Crippen molar-refractivity contribution < 1.29 is 4.74 Å². The molecule has 0 aliphatic rings. The fourth-order valence-electron chi connectivity index (χ4n) is 1.39. The second-order valence-electron chi connectivity index (χ2n) is 3.57. The van der Waals surface area contributed by atoms with E-state index in [1.807, 2.05) is 25.1 Å². The number of ether oxygens (including phenoxy) is 1. The van der Waals surface area contributed by atoms with Gasteiger partial charge >= 0.3 is 0 Å². The van der Waals surface area contributed by atoms with Gasteiger partial charge in [-0.3, -0.25) is 0 Å². The Hall–Kier alpha value is -1.14. The zero-order chi connectivity index (χ0) is 13.1. The first-order valence-electron chi connectivity index (χ1n) is 5.25. The molecule has 0 spiro atoms. The molecule has 2 rings (SSSR count). The predicted octanol–water partition coefficient (Wildman–Crippen LogP) is 4.14. The summed E-state index contributed by atoms with van der Waals surface area (Å²) in [5, 5.41) is 2.97. The second kappa shape index (κ2) is 5.67. The van der Waals surface area contributed by atoms with E-state index in [9.17, 15) is 0 Å². The van der Waals surface area contributed by atoms with Gasteiger partial charge in [0.15, 0.2) is 0 Å². The maximum absolute atomic E-state index is 5.73. The smallest absolute Gasteiger partial charge is 0.224 e. The van der Waals surface area contributed by atoms with Gasteiger partial charge in [0.1, 0.15) is 17.4 Å². The molecule has 6 heteroatoms. The predicted molar refractivity (Wildman–Crippen MR) is 78.2 cm³/mol. The molecule has 94 valence electrons. The minimum absolute atomic E-state index is 0.509. The molecule has 0 unspecified atom stereocenters. The van der Waals surface area contributed by atoms with E-state index in [-0.39, 0.29) is 0 Å². The van der Waals surface area contributed by atoms with Crippen molar-refractivity contribution in [1.82, 2.24) is 9.97 Å². The van der Waals surface area contributed by atoms with Crippen molar-refractivity contribution in [2.75, 3.05) is 12.4 Å². The molecule has 0 amide bonds. The summed E-state index contributed by atoms with van der Waals surface area (Å²) in [6.07, 6.45) is 0. The van der Waals surface area contributed by atoms with Gasteiger partial charge in [-0.15, -0.1) is 0 Å². The lowest BCUT2D eigenvalue weighted by molar-refractivity contribution is 0.457. The quantitative estimate of drug-likeness (QED) is 0.879. The van der Waals surface area contributed by atoms with E-state index in [0.29, 0.717) is 17.5 Å². The van der Waals surface area contributed by atoms with E-state index in [1.54, 1.807) is 13.1 Å². The lowest BCUT2D eigenvalue weighted by atomic mass is 10.3. The van der Waals surface area contributed by atoms with Gasteiger partial charge in [0.25, 0.3) is 0 Å². The molecule has 2 aromatic rings. The van der Waals surface area contributed by atoms with Crippen LogP contribution in [0.5, 0.6) is 11.6 Å². The van der Waals surface area contributed by atoms with Gasteiger partial charge in [-0.2, -0.15) is 4.98 Å². The molecule has 1 heterocycles. The van der Waals surface area contributed by atoms with E-state index in [2.05, 4.69) is 47.1 Å². The van der Waals surface area contributed by atoms with Crippen molar-refractivity contribution in [3.63, 3.8) is 0 Å². The number of hydrogen-bond acceptors (Lipinski definition) is 4. The number of halogens is 2. The normalized spacial score (nSPS) is 10.2. The maximum atomic E-state index is 5.73. The van der Waals surface area contributed by atoms with Crippen LogP contribution in [0.15, 0.2) is 33.2 Å². The summed E-state index contributed by atoms with van der Waals surface area (Å²) >= 11 is 6.84. The van der Waals surface area contributed by atoms with Gasteiger partial charge in [-0.05, 0) is 41.1 Å². The van der Waals surface area contributed by atoms with Crippen LogP contribution < -0.4 is 10.1 Å². The summed E-state index contributed by atoms with van der Waals surface area (Å²) in [6, 6.07) is 7.45. The monoisotopic (exact) mass is 371 g/mol. The molecule has 0 radical (unpaired) electrons. The van der Waals surface area contributed by atoms with Gasteiger partial charge < -0.3 is 10.1 Å². The fourth-order valence-corrected chi connectivity index (χ4v) is 2.52.